The predicted octanol–water partition coefficient (Wildman–Crippen LogP) is 4.46. The molecule has 6 nitrogen and oxygen atoms in total. The minimum atomic E-state index is 0. The number of hydrogen-bond donors (Lipinski definition) is 2. The lowest BCUT2D eigenvalue weighted by Crippen LogP contribution is -2.41. The van der Waals surface area contributed by atoms with Crippen LogP contribution in [0.25, 0.3) is 0 Å². The first kappa shape index (κ1) is 25.3. The summed E-state index contributed by atoms with van der Waals surface area (Å²) >= 11 is 0. The zero-order valence-electron chi connectivity index (χ0n) is 18.8. The van der Waals surface area contributed by atoms with E-state index in [9.17, 15) is 0 Å². The minimum absolute atomic E-state index is 0. The number of benzene rings is 2. The highest BCUT2D eigenvalue weighted by Crippen LogP contribution is 2.33. The largest absolute Gasteiger partial charge is 0.493 e. The summed E-state index contributed by atoms with van der Waals surface area (Å²) in [5.41, 5.74) is 3.61. The van der Waals surface area contributed by atoms with Gasteiger partial charge in [0.2, 0.25) is 0 Å². The first-order valence-corrected chi connectivity index (χ1v) is 10.5. The summed E-state index contributed by atoms with van der Waals surface area (Å²) in [6, 6.07) is 14.6. The fourth-order valence-electron chi connectivity index (χ4n) is 3.80. The van der Waals surface area contributed by atoms with Gasteiger partial charge in [0, 0.05) is 32.7 Å². The van der Waals surface area contributed by atoms with Crippen molar-refractivity contribution in [2.45, 2.75) is 32.4 Å². The Labute approximate surface area is 202 Å². The molecule has 1 saturated heterocycles. The van der Waals surface area contributed by atoms with Gasteiger partial charge in [-0.05, 0) is 43.0 Å². The summed E-state index contributed by atoms with van der Waals surface area (Å²) < 4.78 is 16.8. The quantitative estimate of drug-likeness (QED) is 0.309. The van der Waals surface area contributed by atoms with E-state index in [-0.39, 0.29) is 30.1 Å². The van der Waals surface area contributed by atoms with Crippen molar-refractivity contribution < 1.29 is 14.2 Å². The summed E-state index contributed by atoms with van der Waals surface area (Å²) in [6.07, 6.45) is 2.35. The molecule has 2 aromatic carbocycles. The topological polar surface area (TPSA) is 64.1 Å². The second-order valence-corrected chi connectivity index (χ2v) is 7.60. The maximum Gasteiger partial charge on any atom is 0.191 e. The van der Waals surface area contributed by atoms with E-state index in [4.69, 9.17) is 14.2 Å². The molecule has 0 amide bonds. The molecule has 0 saturated carbocycles. The highest BCUT2D eigenvalue weighted by atomic mass is 127. The van der Waals surface area contributed by atoms with Crippen molar-refractivity contribution in [3.8, 4) is 11.5 Å². The summed E-state index contributed by atoms with van der Waals surface area (Å²) in [7, 11) is 5.07. The van der Waals surface area contributed by atoms with Crippen LogP contribution in [0.1, 0.15) is 35.6 Å². The fourth-order valence-corrected chi connectivity index (χ4v) is 3.80. The molecule has 31 heavy (non-hydrogen) atoms. The number of rotatable bonds is 7. The lowest BCUT2D eigenvalue weighted by Gasteiger charge is -2.32. The van der Waals surface area contributed by atoms with Gasteiger partial charge in [-0.15, -0.1) is 24.0 Å². The van der Waals surface area contributed by atoms with E-state index in [1.165, 1.54) is 11.1 Å². The normalized spacial score (nSPS) is 18.6. The molecule has 1 aliphatic rings. The number of ether oxygens (including phenoxy) is 3. The van der Waals surface area contributed by atoms with Crippen molar-refractivity contribution >= 4 is 29.9 Å². The van der Waals surface area contributed by atoms with E-state index in [2.05, 4.69) is 46.8 Å². The number of guanidine groups is 1. The Hall–Kier alpha value is -2.00. The molecule has 7 heteroatoms. The van der Waals surface area contributed by atoms with Crippen LogP contribution in [0.5, 0.6) is 11.5 Å². The number of methoxy groups -OCH3 is 2. The predicted molar refractivity (Wildman–Crippen MR) is 136 cm³/mol. The van der Waals surface area contributed by atoms with E-state index in [0.717, 1.165) is 49.0 Å². The zero-order chi connectivity index (χ0) is 21.3. The molecule has 1 fully saturated rings. The van der Waals surface area contributed by atoms with Crippen molar-refractivity contribution in [3.63, 3.8) is 0 Å². The van der Waals surface area contributed by atoms with Crippen LogP contribution in [0, 0.1) is 12.8 Å². The van der Waals surface area contributed by atoms with Crippen molar-refractivity contribution in [1.29, 1.82) is 0 Å². The maximum atomic E-state index is 6.13. The molecule has 2 aromatic rings. The fraction of sp³-hybridized carbons (Fsp3) is 0.458. The average Bonchev–Trinajstić information content (AvgIpc) is 2.79. The minimum Gasteiger partial charge on any atom is -0.493 e. The van der Waals surface area contributed by atoms with Crippen LogP contribution >= 0.6 is 24.0 Å². The van der Waals surface area contributed by atoms with Crippen LogP contribution < -0.4 is 20.1 Å². The van der Waals surface area contributed by atoms with E-state index in [0.29, 0.717) is 12.5 Å². The van der Waals surface area contributed by atoms with Gasteiger partial charge in [-0.25, -0.2) is 0 Å². The van der Waals surface area contributed by atoms with Gasteiger partial charge in [0.15, 0.2) is 17.5 Å². The van der Waals surface area contributed by atoms with Crippen LogP contribution in [-0.2, 0) is 11.3 Å². The monoisotopic (exact) mass is 539 g/mol. The van der Waals surface area contributed by atoms with Gasteiger partial charge in [0.1, 0.15) is 0 Å². The highest BCUT2D eigenvalue weighted by molar-refractivity contribution is 14.0. The summed E-state index contributed by atoms with van der Waals surface area (Å²) in [5, 5.41) is 6.85. The third-order valence-electron chi connectivity index (χ3n) is 5.51. The molecule has 3 rings (SSSR count). The summed E-state index contributed by atoms with van der Waals surface area (Å²) in [5.74, 6) is 2.63. The maximum absolute atomic E-state index is 6.13. The molecule has 0 bridgehead atoms. The molecule has 0 aromatic heterocycles. The van der Waals surface area contributed by atoms with Gasteiger partial charge in [-0.2, -0.15) is 0 Å². The number of hydrogen-bond acceptors (Lipinski definition) is 4. The number of halogens is 1. The zero-order valence-corrected chi connectivity index (χ0v) is 21.1. The van der Waals surface area contributed by atoms with E-state index >= 15 is 0 Å². The summed E-state index contributed by atoms with van der Waals surface area (Å²) in [6.45, 7) is 4.38. The molecular weight excluding hydrogens is 505 g/mol. The Morgan fingerprint density at radius 2 is 1.81 bits per heavy atom. The standard InChI is InChI=1S/C24H33N3O3.HI/c1-17-7-10-19(11-8-17)23-20(6-5-13-30-23)16-27-24(25-2)26-15-18-9-12-21(28-3)22(14-18)29-4;/h7-12,14,20,23H,5-6,13,15-16H2,1-4H3,(H2,25,26,27);1H. The number of aliphatic imine (C=N–C) groups is 1. The lowest BCUT2D eigenvalue weighted by atomic mass is 9.89. The van der Waals surface area contributed by atoms with Crippen LogP contribution in [0.4, 0.5) is 0 Å². The third kappa shape index (κ3) is 7.00. The van der Waals surface area contributed by atoms with Crippen LogP contribution in [0.3, 0.4) is 0 Å². The first-order valence-electron chi connectivity index (χ1n) is 10.5. The number of aryl methyl sites for hydroxylation is 1. The van der Waals surface area contributed by atoms with Gasteiger partial charge in [0.05, 0.1) is 20.3 Å². The Morgan fingerprint density at radius 3 is 2.48 bits per heavy atom. The lowest BCUT2D eigenvalue weighted by molar-refractivity contribution is -0.0265. The molecule has 1 heterocycles. The molecule has 0 radical (unpaired) electrons. The Bertz CT molecular complexity index is 842. The van der Waals surface area contributed by atoms with Crippen LogP contribution in [0.15, 0.2) is 47.5 Å². The molecule has 2 atom stereocenters. The van der Waals surface area contributed by atoms with Gasteiger partial charge in [-0.1, -0.05) is 35.9 Å². The number of nitrogens with one attached hydrogen (secondary N) is 2. The highest BCUT2D eigenvalue weighted by Gasteiger charge is 2.27. The van der Waals surface area contributed by atoms with Gasteiger partial charge < -0.3 is 24.8 Å². The van der Waals surface area contributed by atoms with Crippen LogP contribution in [0.2, 0.25) is 0 Å². The van der Waals surface area contributed by atoms with Crippen LogP contribution in [-0.4, -0.2) is 40.4 Å². The van der Waals surface area contributed by atoms with Crippen molar-refractivity contribution in [1.82, 2.24) is 10.6 Å². The van der Waals surface area contributed by atoms with Crippen molar-refractivity contribution in [2.24, 2.45) is 10.9 Å². The molecule has 2 N–H and O–H groups in total. The second-order valence-electron chi connectivity index (χ2n) is 7.60. The molecule has 170 valence electrons. The SMILES string of the molecule is CN=C(NCc1ccc(OC)c(OC)c1)NCC1CCCOC1c1ccc(C)cc1.I. The van der Waals surface area contributed by atoms with E-state index in [1.807, 2.05) is 18.2 Å². The Morgan fingerprint density at radius 1 is 1.06 bits per heavy atom. The van der Waals surface area contributed by atoms with Crippen molar-refractivity contribution in [3.05, 3.63) is 59.2 Å². The number of nitrogens with zero attached hydrogens (tertiary/aromatic N) is 1. The smallest absolute Gasteiger partial charge is 0.191 e. The molecule has 1 aliphatic heterocycles. The van der Waals surface area contributed by atoms with Gasteiger partial charge in [-0.3, -0.25) is 4.99 Å². The Balaban J connectivity index is 0.00000341. The van der Waals surface area contributed by atoms with Gasteiger partial charge in [0.25, 0.3) is 0 Å². The molecule has 0 aliphatic carbocycles. The molecular formula is C24H34IN3O3. The van der Waals surface area contributed by atoms with E-state index < -0.39 is 0 Å². The summed E-state index contributed by atoms with van der Waals surface area (Å²) in [4.78, 5) is 4.37. The molecule has 0 spiro atoms. The third-order valence-corrected chi connectivity index (χ3v) is 5.51. The average molecular weight is 539 g/mol. The molecule has 2 unspecified atom stereocenters. The first-order chi connectivity index (χ1) is 14.6. The van der Waals surface area contributed by atoms with E-state index in [1.54, 1.807) is 21.3 Å². The van der Waals surface area contributed by atoms with Gasteiger partial charge >= 0.3 is 0 Å². The Kier molecular flexibility index (Phi) is 10.4. The second kappa shape index (κ2) is 12.8. The van der Waals surface area contributed by atoms with Crippen molar-refractivity contribution in [2.75, 3.05) is 34.4 Å².